The third-order valence-corrected chi connectivity index (χ3v) is 3.92. The van der Waals surface area contributed by atoms with Gasteiger partial charge in [0.2, 0.25) is 0 Å². The highest BCUT2D eigenvalue weighted by Gasteiger charge is 2.27. The number of ketones is 1. The molecule has 0 aromatic heterocycles. The Kier molecular flexibility index (Phi) is 4.36. The summed E-state index contributed by atoms with van der Waals surface area (Å²) in [6.07, 6.45) is 5.24. The molecule has 0 amide bonds. The maximum atomic E-state index is 11.4. The van der Waals surface area contributed by atoms with E-state index in [2.05, 4.69) is 16.7 Å². The zero-order valence-electron chi connectivity index (χ0n) is 10.5. The maximum absolute atomic E-state index is 11.4. The summed E-state index contributed by atoms with van der Waals surface area (Å²) < 4.78 is 0. The summed E-state index contributed by atoms with van der Waals surface area (Å²) in [4.78, 5) is 16.5. The van der Waals surface area contributed by atoms with E-state index >= 15 is 0 Å². The number of hydrogen-bond acceptors (Lipinski definition) is 3. The molecule has 0 radical (unpaired) electrons. The fourth-order valence-corrected chi connectivity index (χ4v) is 2.98. The first-order valence-electron chi connectivity index (χ1n) is 6.77. The Morgan fingerprint density at radius 1 is 1.25 bits per heavy atom. The van der Waals surface area contributed by atoms with E-state index < -0.39 is 0 Å². The number of carbonyl (C=O) groups is 1. The molecule has 2 aliphatic rings. The molecule has 1 aliphatic carbocycles. The Bertz CT molecular complexity index is 234. The van der Waals surface area contributed by atoms with Crippen molar-refractivity contribution < 1.29 is 4.79 Å². The normalized spacial score (nSPS) is 29.6. The van der Waals surface area contributed by atoms with Crippen molar-refractivity contribution in [3.63, 3.8) is 0 Å². The van der Waals surface area contributed by atoms with E-state index in [4.69, 9.17) is 0 Å². The van der Waals surface area contributed by atoms with Crippen molar-refractivity contribution in [1.29, 1.82) is 0 Å². The Labute approximate surface area is 98.8 Å². The number of Topliss-reactive ketones (excluding diaryl/α,β-unsaturated/α-hetero) is 1. The fourth-order valence-electron chi connectivity index (χ4n) is 2.98. The van der Waals surface area contributed by atoms with Crippen LogP contribution in [0.15, 0.2) is 0 Å². The van der Waals surface area contributed by atoms with E-state index in [1.165, 1.54) is 32.5 Å². The molecule has 0 spiro atoms. The van der Waals surface area contributed by atoms with Gasteiger partial charge in [-0.05, 0) is 25.8 Å². The molecule has 0 bridgehead atoms. The van der Waals surface area contributed by atoms with E-state index in [1.54, 1.807) is 0 Å². The fraction of sp³-hybridized carbons (Fsp3) is 0.923. The van der Waals surface area contributed by atoms with Gasteiger partial charge in [-0.15, -0.1) is 0 Å². The molecule has 1 heterocycles. The second-order valence-electron chi connectivity index (χ2n) is 5.17. The average molecular weight is 224 g/mol. The van der Waals surface area contributed by atoms with Gasteiger partial charge < -0.3 is 4.90 Å². The SMILES string of the molecule is CCCN1CCN(C2CCCC(=O)C2)CC1. The number of rotatable bonds is 3. The molecule has 16 heavy (non-hydrogen) atoms. The van der Waals surface area contributed by atoms with Gasteiger partial charge >= 0.3 is 0 Å². The van der Waals surface area contributed by atoms with Crippen LogP contribution in [0.1, 0.15) is 39.0 Å². The van der Waals surface area contributed by atoms with Crippen molar-refractivity contribution in [2.24, 2.45) is 0 Å². The van der Waals surface area contributed by atoms with E-state index in [0.29, 0.717) is 11.8 Å². The molecule has 3 heteroatoms. The van der Waals surface area contributed by atoms with E-state index in [1.807, 2.05) is 0 Å². The van der Waals surface area contributed by atoms with E-state index in [-0.39, 0.29) is 0 Å². The predicted molar refractivity (Wildman–Crippen MR) is 65.6 cm³/mol. The van der Waals surface area contributed by atoms with Crippen LogP contribution < -0.4 is 0 Å². The quantitative estimate of drug-likeness (QED) is 0.726. The molecule has 3 nitrogen and oxygen atoms in total. The molecule has 1 saturated carbocycles. The number of carbonyl (C=O) groups excluding carboxylic acids is 1. The summed E-state index contributed by atoms with van der Waals surface area (Å²) in [5.74, 6) is 0.479. The Hall–Kier alpha value is -0.410. The molecule has 2 fully saturated rings. The minimum Gasteiger partial charge on any atom is -0.301 e. The summed E-state index contributed by atoms with van der Waals surface area (Å²) in [6.45, 7) is 8.19. The highest BCUT2D eigenvalue weighted by Crippen LogP contribution is 2.21. The molecule has 1 aliphatic heterocycles. The standard InChI is InChI=1S/C13H24N2O/c1-2-6-14-7-9-15(10-8-14)12-4-3-5-13(16)11-12/h12H,2-11H2,1H3. The van der Waals surface area contributed by atoms with Gasteiger partial charge in [-0.3, -0.25) is 9.69 Å². The first-order valence-corrected chi connectivity index (χ1v) is 6.77. The predicted octanol–water partition coefficient (Wildman–Crippen LogP) is 1.53. The van der Waals surface area contributed by atoms with Crippen molar-refractivity contribution in [2.45, 2.75) is 45.1 Å². The van der Waals surface area contributed by atoms with Crippen LogP contribution in [0, 0.1) is 0 Å². The van der Waals surface area contributed by atoms with E-state index in [0.717, 1.165) is 32.4 Å². The van der Waals surface area contributed by atoms with E-state index in [9.17, 15) is 4.79 Å². The van der Waals surface area contributed by atoms with Gasteiger partial charge in [0.15, 0.2) is 0 Å². The van der Waals surface area contributed by atoms with Gasteiger partial charge in [-0.25, -0.2) is 0 Å². The molecule has 2 rings (SSSR count). The van der Waals surface area contributed by atoms with Crippen LogP contribution in [0.5, 0.6) is 0 Å². The van der Waals surface area contributed by atoms with Crippen molar-refractivity contribution in [1.82, 2.24) is 9.80 Å². The molecule has 0 aromatic rings. The van der Waals surface area contributed by atoms with Crippen LogP contribution in [0.2, 0.25) is 0 Å². The molecule has 1 atom stereocenters. The number of piperazine rings is 1. The Balaban J connectivity index is 1.77. The molecule has 0 aromatic carbocycles. The maximum Gasteiger partial charge on any atom is 0.134 e. The van der Waals surface area contributed by atoms with Crippen LogP contribution in [0.3, 0.4) is 0 Å². The first-order chi connectivity index (χ1) is 7.79. The van der Waals surface area contributed by atoms with Crippen LogP contribution in [-0.4, -0.2) is 54.3 Å². The van der Waals surface area contributed by atoms with Gasteiger partial charge in [0.25, 0.3) is 0 Å². The highest BCUT2D eigenvalue weighted by atomic mass is 16.1. The summed E-state index contributed by atoms with van der Waals surface area (Å²) in [6, 6.07) is 0.560. The van der Waals surface area contributed by atoms with Crippen molar-refractivity contribution in [3.8, 4) is 0 Å². The van der Waals surface area contributed by atoms with Crippen LogP contribution >= 0.6 is 0 Å². The van der Waals surface area contributed by atoms with Gasteiger partial charge in [0, 0.05) is 45.1 Å². The Morgan fingerprint density at radius 2 is 2.00 bits per heavy atom. The lowest BCUT2D eigenvalue weighted by atomic mass is 9.92. The lowest BCUT2D eigenvalue weighted by Crippen LogP contribution is -2.51. The van der Waals surface area contributed by atoms with Crippen molar-refractivity contribution >= 4 is 5.78 Å². The summed E-state index contributed by atoms with van der Waals surface area (Å²) >= 11 is 0. The van der Waals surface area contributed by atoms with Crippen molar-refractivity contribution in [2.75, 3.05) is 32.7 Å². The third-order valence-electron chi connectivity index (χ3n) is 3.92. The molecule has 0 N–H and O–H groups in total. The minimum atomic E-state index is 0.479. The van der Waals surface area contributed by atoms with Crippen LogP contribution in [-0.2, 0) is 4.79 Å². The summed E-state index contributed by atoms with van der Waals surface area (Å²) in [7, 11) is 0. The molecular weight excluding hydrogens is 200 g/mol. The zero-order chi connectivity index (χ0) is 11.4. The Morgan fingerprint density at radius 3 is 2.62 bits per heavy atom. The largest absolute Gasteiger partial charge is 0.301 e. The third kappa shape index (κ3) is 3.05. The minimum absolute atomic E-state index is 0.479. The average Bonchev–Trinajstić information content (AvgIpc) is 2.30. The van der Waals surface area contributed by atoms with Gasteiger partial charge in [-0.2, -0.15) is 0 Å². The second-order valence-corrected chi connectivity index (χ2v) is 5.17. The summed E-state index contributed by atoms with van der Waals surface area (Å²) in [5.41, 5.74) is 0. The molecule has 1 saturated heterocycles. The smallest absolute Gasteiger partial charge is 0.134 e. The highest BCUT2D eigenvalue weighted by molar-refractivity contribution is 5.79. The van der Waals surface area contributed by atoms with Crippen LogP contribution in [0.25, 0.3) is 0 Å². The number of nitrogens with zero attached hydrogens (tertiary/aromatic N) is 2. The van der Waals surface area contributed by atoms with Gasteiger partial charge in [0.05, 0.1) is 0 Å². The zero-order valence-corrected chi connectivity index (χ0v) is 10.5. The van der Waals surface area contributed by atoms with Gasteiger partial charge in [0.1, 0.15) is 5.78 Å². The monoisotopic (exact) mass is 224 g/mol. The van der Waals surface area contributed by atoms with Crippen LogP contribution in [0.4, 0.5) is 0 Å². The van der Waals surface area contributed by atoms with Gasteiger partial charge in [-0.1, -0.05) is 6.92 Å². The number of hydrogen-bond donors (Lipinski definition) is 0. The first kappa shape index (κ1) is 12.1. The molecule has 1 unspecified atom stereocenters. The lowest BCUT2D eigenvalue weighted by molar-refractivity contribution is -0.122. The van der Waals surface area contributed by atoms with Crippen molar-refractivity contribution in [3.05, 3.63) is 0 Å². The molecular formula is C13H24N2O. The second kappa shape index (κ2) is 5.78. The molecule has 92 valence electrons. The lowest BCUT2D eigenvalue weighted by Gasteiger charge is -2.40. The summed E-state index contributed by atoms with van der Waals surface area (Å²) in [5, 5.41) is 0. The topological polar surface area (TPSA) is 23.6 Å².